The number of aliphatic hydroxyl groups is 1. The van der Waals surface area contributed by atoms with E-state index in [1.54, 1.807) is 0 Å². The van der Waals surface area contributed by atoms with Gasteiger partial charge in [0.15, 0.2) is 0 Å². The highest BCUT2D eigenvalue weighted by Crippen LogP contribution is 2.09. The van der Waals surface area contributed by atoms with E-state index in [1.165, 1.54) is 6.92 Å². The summed E-state index contributed by atoms with van der Waals surface area (Å²) < 4.78 is 0.415. The summed E-state index contributed by atoms with van der Waals surface area (Å²) in [7, 11) is 5.47. The van der Waals surface area contributed by atoms with Gasteiger partial charge in [-0.15, -0.1) is 0 Å². The highest BCUT2D eigenvalue weighted by molar-refractivity contribution is 5.97. The molecule has 0 aromatic rings. The number of rotatable bonds is 5. The first-order valence-corrected chi connectivity index (χ1v) is 4.37. The third-order valence-corrected chi connectivity index (χ3v) is 1.82. The minimum absolute atomic E-state index is 0.233. The number of ketones is 1. The van der Waals surface area contributed by atoms with Crippen LogP contribution in [0.3, 0.4) is 0 Å². The molecule has 0 aliphatic carbocycles. The van der Waals surface area contributed by atoms with E-state index in [4.69, 9.17) is 5.11 Å². The van der Waals surface area contributed by atoms with Crippen molar-refractivity contribution in [1.29, 1.82) is 0 Å². The van der Waals surface area contributed by atoms with Gasteiger partial charge in [-0.05, 0) is 6.92 Å². The maximum absolute atomic E-state index is 11.0. The van der Waals surface area contributed by atoms with E-state index in [9.17, 15) is 14.7 Å². The van der Waals surface area contributed by atoms with E-state index in [0.29, 0.717) is 4.48 Å². The molecule has 0 saturated heterocycles. The average Bonchev–Trinajstić information content (AvgIpc) is 1.78. The minimum atomic E-state index is -1.31. The Morgan fingerprint density at radius 1 is 1.29 bits per heavy atom. The molecule has 2 atom stereocenters. The number of carbonyl (C=O) groups is 2. The van der Waals surface area contributed by atoms with Crippen LogP contribution in [-0.2, 0) is 9.59 Å². The number of quaternary nitrogens is 1. The zero-order chi connectivity index (χ0) is 11.5. The molecule has 0 heterocycles. The molecular formula is C9H18NO4+. The van der Waals surface area contributed by atoms with Gasteiger partial charge in [-0.3, -0.25) is 9.59 Å². The van der Waals surface area contributed by atoms with Gasteiger partial charge in [-0.25, -0.2) is 0 Å². The van der Waals surface area contributed by atoms with Crippen molar-refractivity contribution in [2.45, 2.75) is 13.0 Å². The molecule has 5 heteroatoms. The summed E-state index contributed by atoms with van der Waals surface area (Å²) >= 11 is 0. The summed E-state index contributed by atoms with van der Waals surface area (Å²) in [5.74, 6) is -3.09. The van der Waals surface area contributed by atoms with Crippen LogP contribution in [0.4, 0.5) is 0 Å². The van der Waals surface area contributed by atoms with Crippen LogP contribution >= 0.6 is 0 Å². The molecule has 2 N–H and O–H groups in total. The van der Waals surface area contributed by atoms with Crippen molar-refractivity contribution < 1.29 is 24.3 Å². The second-order valence-corrected chi connectivity index (χ2v) is 4.47. The number of aliphatic hydroxyl groups excluding tert-OH is 1. The summed E-state index contributed by atoms with van der Waals surface area (Å²) in [6, 6.07) is 0. The summed E-state index contributed by atoms with van der Waals surface area (Å²) in [5.41, 5.74) is 0. The van der Waals surface area contributed by atoms with Crippen molar-refractivity contribution in [2.75, 3.05) is 27.7 Å². The summed E-state index contributed by atoms with van der Waals surface area (Å²) in [4.78, 5) is 21.6. The molecule has 0 saturated carbocycles. The van der Waals surface area contributed by atoms with Crippen LogP contribution < -0.4 is 0 Å². The van der Waals surface area contributed by atoms with Crippen molar-refractivity contribution in [2.24, 2.45) is 5.92 Å². The predicted molar refractivity (Wildman–Crippen MR) is 50.7 cm³/mol. The Balaban J connectivity index is 4.54. The van der Waals surface area contributed by atoms with Gasteiger partial charge >= 0.3 is 5.97 Å². The molecule has 0 rings (SSSR count). The van der Waals surface area contributed by atoms with Gasteiger partial charge in [0.1, 0.15) is 24.3 Å². The standard InChI is InChI=1S/C9H17NO4/c1-6(11)8(9(13)14)7(12)5-10(2,3)4/h7-8,12H,5H2,1-4H3/p+1. The number of likely N-dealkylation sites (N-methyl/N-ethyl adjacent to an activating group) is 1. The predicted octanol–water partition coefficient (Wildman–Crippen LogP) is -0.657. The average molecular weight is 204 g/mol. The van der Waals surface area contributed by atoms with Crippen LogP contribution in [0.5, 0.6) is 0 Å². The third-order valence-electron chi connectivity index (χ3n) is 1.82. The smallest absolute Gasteiger partial charge is 0.316 e. The summed E-state index contributed by atoms with van der Waals surface area (Å²) in [6.45, 7) is 1.41. The third kappa shape index (κ3) is 4.34. The van der Waals surface area contributed by atoms with Crippen LogP contribution in [0, 0.1) is 5.92 Å². The van der Waals surface area contributed by atoms with Crippen LogP contribution in [0.2, 0.25) is 0 Å². The van der Waals surface area contributed by atoms with Crippen molar-refractivity contribution in [3.05, 3.63) is 0 Å². The highest BCUT2D eigenvalue weighted by Gasteiger charge is 2.34. The van der Waals surface area contributed by atoms with E-state index < -0.39 is 23.8 Å². The van der Waals surface area contributed by atoms with Crippen LogP contribution in [0.1, 0.15) is 6.92 Å². The highest BCUT2D eigenvalue weighted by atomic mass is 16.4. The Kier molecular flexibility index (Phi) is 4.22. The molecule has 0 fully saturated rings. The fourth-order valence-electron chi connectivity index (χ4n) is 1.28. The molecule has 0 spiro atoms. The van der Waals surface area contributed by atoms with Gasteiger partial charge < -0.3 is 14.7 Å². The van der Waals surface area contributed by atoms with E-state index in [0.717, 1.165) is 0 Å². The number of carboxylic acid groups (broad SMARTS) is 1. The molecule has 82 valence electrons. The zero-order valence-electron chi connectivity index (χ0n) is 9.02. The summed E-state index contributed by atoms with van der Waals surface area (Å²) in [5, 5.41) is 18.3. The van der Waals surface area contributed by atoms with Gasteiger partial charge in [-0.1, -0.05) is 0 Å². The molecule has 0 radical (unpaired) electrons. The zero-order valence-corrected chi connectivity index (χ0v) is 9.02. The largest absolute Gasteiger partial charge is 0.481 e. The fraction of sp³-hybridized carbons (Fsp3) is 0.778. The van der Waals surface area contributed by atoms with Gasteiger partial charge in [0.05, 0.1) is 21.1 Å². The first-order valence-electron chi connectivity index (χ1n) is 4.37. The van der Waals surface area contributed by atoms with E-state index in [-0.39, 0.29) is 6.54 Å². The molecule has 0 aromatic carbocycles. The van der Waals surface area contributed by atoms with Gasteiger partial charge in [0, 0.05) is 0 Å². The lowest BCUT2D eigenvalue weighted by Gasteiger charge is -2.28. The number of carbonyl (C=O) groups excluding carboxylic acids is 1. The van der Waals surface area contributed by atoms with Crippen LogP contribution in [0.25, 0.3) is 0 Å². The van der Waals surface area contributed by atoms with Gasteiger partial charge in [0.2, 0.25) is 0 Å². The molecule has 0 bridgehead atoms. The summed E-state index contributed by atoms with van der Waals surface area (Å²) in [6.07, 6.45) is -1.13. The number of aliphatic carboxylic acids is 1. The molecule has 14 heavy (non-hydrogen) atoms. The number of Topliss-reactive ketones (excluding diaryl/α,β-unsaturated/α-hetero) is 1. The van der Waals surface area contributed by atoms with Gasteiger partial charge in [-0.2, -0.15) is 0 Å². The SMILES string of the molecule is CC(=O)C(C(=O)O)C(O)C[N+](C)(C)C. The fourth-order valence-corrected chi connectivity index (χ4v) is 1.28. The van der Waals surface area contributed by atoms with Crippen molar-refractivity contribution in [3.8, 4) is 0 Å². The lowest BCUT2D eigenvalue weighted by molar-refractivity contribution is -0.873. The first kappa shape index (κ1) is 13.1. The molecule has 2 unspecified atom stereocenters. The van der Waals surface area contributed by atoms with E-state index >= 15 is 0 Å². The Labute approximate surface area is 83.5 Å². The monoisotopic (exact) mass is 204 g/mol. The number of nitrogens with zero attached hydrogens (tertiary/aromatic N) is 1. The topological polar surface area (TPSA) is 74.6 Å². The Bertz CT molecular complexity index is 217. The quantitative estimate of drug-likeness (QED) is 0.460. The molecule has 0 aliphatic rings. The number of carboxylic acids is 1. The van der Waals surface area contributed by atoms with E-state index in [2.05, 4.69) is 0 Å². The maximum Gasteiger partial charge on any atom is 0.316 e. The normalized spacial score (nSPS) is 16.1. The Morgan fingerprint density at radius 2 is 1.71 bits per heavy atom. The molecule has 0 aromatic heterocycles. The molecular weight excluding hydrogens is 186 g/mol. The first-order chi connectivity index (χ1) is 6.15. The van der Waals surface area contributed by atoms with Crippen LogP contribution in [-0.4, -0.2) is 60.2 Å². The lowest BCUT2D eigenvalue weighted by atomic mass is 9.98. The van der Waals surface area contributed by atoms with Gasteiger partial charge in [0.25, 0.3) is 0 Å². The van der Waals surface area contributed by atoms with Crippen LogP contribution in [0.15, 0.2) is 0 Å². The Morgan fingerprint density at radius 3 is 1.93 bits per heavy atom. The Hall–Kier alpha value is -0.940. The maximum atomic E-state index is 11.0. The van der Waals surface area contributed by atoms with E-state index in [1.807, 2.05) is 21.1 Å². The molecule has 5 nitrogen and oxygen atoms in total. The minimum Gasteiger partial charge on any atom is -0.481 e. The van der Waals surface area contributed by atoms with Crippen molar-refractivity contribution in [1.82, 2.24) is 0 Å². The van der Waals surface area contributed by atoms with Crippen molar-refractivity contribution >= 4 is 11.8 Å². The molecule has 0 amide bonds. The molecule has 0 aliphatic heterocycles. The number of hydrogen-bond donors (Lipinski definition) is 2. The second-order valence-electron chi connectivity index (χ2n) is 4.47. The lowest BCUT2D eigenvalue weighted by Crippen LogP contribution is -2.47. The van der Waals surface area contributed by atoms with Crippen molar-refractivity contribution in [3.63, 3.8) is 0 Å². The number of hydrogen-bond acceptors (Lipinski definition) is 3. The second kappa shape index (κ2) is 4.52.